The molecule has 0 bridgehead atoms. The Hall–Kier alpha value is -1.10. The number of nitrogens with one attached hydrogen (secondary N) is 1. The van der Waals surface area contributed by atoms with Gasteiger partial charge in [0.05, 0.1) is 6.10 Å². The number of carbonyl (C=O) groups is 2. The number of ether oxygens (including phenoxy) is 1. The molecule has 1 amide bonds. The Bertz CT molecular complexity index is 263. The number of hydrogen-bond donors (Lipinski definition) is 2. The molecule has 0 saturated carbocycles. The number of carbonyl (C=O) groups excluding carboxylic acids is 1. The summed E-state index contributed by atoms with van der Waals surface area (Å²) in [6, 6.07) is 0. The van der Waals surface area contributed by atoms with E-state index in [1.54, 1.807) is 7.11 Å². The van der Waals surface area contributed by atoms with Crippen LogP contribution in [-0.4, -0.2) is 35.7 Å². The second kappa shape index (κ2) is 7.27. The van der Waals surface area contributed by atoms with Gasteiger partial charge in [-0.15, -0.1) is 0 Å². The summed E-state index contributed by atoms with van der Waals surface area (Å²) in [5.74, 6) is -0.912. The molecule has 0 aliphatic heterocycles. The van der Waals surface area contributed by atoms with E-state index in [2.05, 4.69) is 5.32 Å². The second-order valence-corrected chi connectivity index (χ2v) is 4.91. The van der Waals surface area contributed by atoms with Crippen molar-refractivity contribution in [2.24, 2.45) is 0 Å². The van der Waals surface area contributed by atoms with Crippen LogP contribution in [0.25, 0.3) is 0 Å². The zero-order chi connectivity index (χ0) is 13.5. The van der Waals surface area contributed by atoms with E-state index in [1.807, 2.05) is 20.8 Å². The van der Waals surface area contributed by atoms with E-state index in [0.29, 0.717) is 19.3 Å². The molecule has 2 N–H and O–H groups in total. The molecule has 0 aromatic heterocycles. The van der Waals surface area contributed by atoms with Gasteiger partial charge in [-0.2, -0.15) is 0 Å². The van der Waals surface area contributed by atoms with Crippen LogP contribution in [0.5, 0.6) is 0 Å². The first kappa shape index (κ1) is 15.9. The van der Waals surface area contributed by atoms with Gasteiger partial charge in [-0.05, 0) is 33.6 Å². The largest absolute Gasteiger partial charge is 0.481 e. The highest BCUT2D eigenvalue weighted by Gasteiger charge is 2.21. The molecule has 1 unspecified atom stereocenters. The number of rotatable bonds is 8. The van der Waals surface area contributed by atoms with Crippen molar-refractivity contribution in [3.05, 3.63) is 0 Å². The van der Waals surface area contributed by atoms with Crippen LogP contribution in [0.3, 0.4) is 0 Å². The van der Waals surface area contributed by atoms with Gasteiger partial charge in [0.1, 0.15) is 0 Å². The third-order valence-electron chi connectivity index (χ3n) is 2.62. The highest BCUT2D eigenvalue weighted by atomic mass is 16.5. The van der Waals surface area contributed by atoms with Crippen molar-refractivity contribution in [1.29, 1.82) is 0 Å². The number of aliphatic carboxylic acids is 1. The Morgan fingerprint density at radius 2 is 1.94 bits per heavy atom. The molecule has 0 aromatic carbocycles. The summed E-state index contributed by atoms with van der Waals surface area (Å²) in [4.78, 5) is 22.1. The molecule has 100 valence electrons. The SMILES string of the molecule is COC(C)CCC(=O)NC(C)(C)CCC(=O)O. The van der Waals surface area contributed by atoms with Gasteiger partial charge >= 0.3 is 5.97 Å². The highest BCUT2D eigenvalue weighted by Crippen LogP contribution is 2.12. The van der Waals surface area contributed by atoms with E-state index in [-0.39, 0.29) is 18.4 Å². The molecule has 0 radical (unpaired) electrons. The Balaban J connectivity index is 3.96. The van der Waals surface area contributed by atoms with E-state index >= 15 is 0 Å². The van der Waals surface area contributed by atoms with Crippen LogP contribution in [0.4, 0.5) is 0 Å². The summed E-state index contributed by atoms with van der Waals surface area (Å²) in [7, 11) is 1.61. The molecule has 1 atom stereocenters. The van der Waals surface area contributed by atoms with Crippen molar-refractivity contribution in [3.63, 3.8) is 0 Å². The first-order chi connectivity index (χ1) is 7.76. The number of hydrogen-bond acceptors (Lipinski definition) is 3. The van der Waals surface area contributed by atoms with E-state index in [0.717, 1.165) is 0 Å². The monoisotopic (exact) mass is 245 g/mol. The van der Waals surface area contributed by atoms with Gasteiger partial charge in [-0.3, -0.25) is 9.59 Å². The standard InChI is InChI=1S/C12H23NO4/c1-9(17-4)5-6-10(14)13-12(2,3)8-7-11(15)16/h9H,5-8H2,1-4H3,(H,13,14)(H,15,16). The second-order valence-electron chi connectivity index (χ2n) is 4.91. The number of amides is 1. The fraction of sp³-hybridized carbons (Fsp3) is 0.833. The fourth-order valence-electron chi connectivity index (χ4n) is 1.37. The summed E-state index contributed by atoms with van der Waals surface area (Å²) in [6.45, 7) is 5.56. The molecule has 5 nitrogen and oxygen atoms in total. The van der Waals surface area contributed by atoms with Crippen LogP contribution in [0, 0.1) is 0 Å². The predicted octanol–water partition coefficient (Wildman–Crippen LogP) is 1.56. The Morgan fingerprint density at radius 3 is 2.41 bits per heavy atom. The van der Waals surface area contributed by atoms with Gasteiger partial charge in [0.2, 0.25) is 5.91 Å². The first-order valence-corrected chi connectivity index (χ1v) is 5.82. The average Bonchev–Trinajstić information content (AvgIpc) is 2.22. The van der Waals surface area contributed by atoms with Gasteiger partial charge < -0.3 is 15.2 Å². The van der Waals surface area contributed by atoms with Gasteiger partial charge in [-0.1, -0.05) is 0 Å². The average molecular weight is 245 g/mol. The van der Waals surface area contributed by atoms with Crippen molar-refractivity contribution in [1.82, 2.24) is 5.32 Å². The van der Waals surface area contributed by atoms with Crippen LogP contribution < -0.4 is 5.32 Å². The van der Waals surface area contributed by atoms with Crippen molar-refractivity contribution in [3.8, 4) is 0 Å². The third kappa shape index (κ3) is 8.68. The fourth-order valence-corrected chi connectivity index (χ4v) is 1.37. The van der Waals surface area contributed by atoms with Gasteiger partial charge in [0.15, 0.2) is 0 Å². The Labute approximate surface area is 103 Å². The minimum Gasteiger partial charge on any atom is -0.481 e. The minimum absolute atomic E-state index is 0.0573. The minimum atomic E-state index is -0.847. The number of carboxylic acid groups (broad SMARTS) is 1. The topological polar surface area (TPSA) is 75.6 Å². The highest BCUT2D eigenvalue weighted by molar-refractivity contribution is 5.76. The van der Waals surface area contributed by atoms with Crippen molar-refractivity contribution < 1.29 is 19.4 Å². The smallest absolute Gasteiger partial charge is 0.303 e. The van der Waals surface area contributed by atoms with Crippen LogP contribution in [0.1, 0.15) is 46.5 Å². The molecule has 0 rings (SSSR count). The molecule has 0 heterocycles. The summed E-state index contributed by atoms with van der Waals surface area (Å²) in [5.41, 5.74) is -0.480. The van der Waals surface area contributed by atoms with Crippen LogP contribution in [-0.2, 0) is 14.3 Å². The van der Waals surface area contributed by atoms with E-state index in [1.165, 1.54) is 0 Å². The zero-order valence-electron chi connectivity index (χ0n) is 11.1. The molecule has 0 fully saturated rings. The maximum atomic E-state index is 11.6. The van der Waals surface area contributed by atoms with E-state index < -0.39 is 11.5 Å². The zero-order valence-corrected chi connectivity index (χ0v) is 11.1. The van der Waals surface area contributed by atoms with Crippen LogP contribution >= 0.6 is 0 Å². The van der Waals surface area contributed by atoms with Crippen molar-refractivity contribution in [2.75, 3.05) is 7.11 Å². The predicted molar refractivity (Wildman–Crippen MR) is 64.8 cm³/mol. The van der Waals surface area contributed by atoms with Crippen molar-refractivity contribution >= 4 is 11.9 Å². The maximum absolute atomic E-state index is 11.6. The lowest BCUT2D eigenvalue weighted by Crippen LogP contribution is -2.43. The quantitative estimate of drug-likeness (QED) is 0.680. The summed E-state index contributed by atoms with van der Waals surface area (Å²) >= 11 is 0. The van der Waals surface area contributed by atoms with Gasteiger partial charge in [0, 0.05) is 25.5 Å². The lowest BCUT2D eigenvalue weighted by Gasteiger charge is -2.25. The molecular formula is C12H23NO4. The summed E-state index contributed by atoms with van der Waals surface area (Å²) in [5, 5.41) is 11.4. The normalized spacial score (nSPS) is 13.2. The lowest BCUT2D eigenvalue weighted by atomic mass is 9.98. The molecule has 17 heavy (non-hydrogen) atoms. The van der Waals surface area contributed by atoms with Gasteiger partial charge in [-0.25, -0.2) is 0 Å². The Morgan fingerprint density at radius 1 is 1.35 bits per heavy atom. The van der Waals surface area contributed by atoms with E-state index in [4.69, 9.17) is 9.84 Å². The van der Waals surface area contributed by atoms with Crippen molar-refractivity contribution in [2.45, 2.75) is 58.1 Å². The molecule has 0 spiro atoms. The third-order valence-corrected chi connectivity index (χ3v) is 2.62. The van der Waals surface area contributed by atoms with Crippen LogP contribution in [0.15, 0.2) is 0 Å². The molecule has 0 saturated heterocycles. The first-order valence-electron chi connectivity index (χ1n) is 5.82. The van der Waals surface area contributed by atoms with Crippen LogP contribution in [0.2, 0.25) is 0 Å². The van der Waals surface area contributed by atoms with Gasteiger partial charge in [0.25, 0.3) is 0 Å². The lowest BCUT2D eigenvalue weighted by molar-refractivity contribution is -0.137. The molecule has 0 aromatic rings. The Kier molecular flexibility index (Phi) is 6.80. The molecule has 0 aliphatic carbocycles. The number of methoxy groups -OCH3 is 1. The molecule has 0 aliphatic rings. The summed E-state index contributed by atoms with van der Waals surface area (Å²) < 4.78 is 5.05. The van der Waals surface area contributed by atoms with E-state index in [9.17, 15) is 9.59 Å². The number of carboxylic acids is 1. The molecule has 5 heteroatoms. The maximum Gasteiger partial charge on any atom is 0.303 e. The summed E-state index contributed by atoms with van der Waals surface area (Å²) in [6.07, 6.45) is 1.60. The molecular weight excluding hydrogens is 222 g/mol.